The van der Waals surface area contributed by atoms with Gasteiger partial charge in [0.15, 0.2) is 0 Å². The van der Waals surface area contributed by atoms with E-state index in [0.717, 1.165) is 12.8 Å². The number of aliphatic carboxylic acids is 1. The van der Waals surface area contributed by atoms with E-state index in [4.69, 9.17) is 9.84 Å². The van der Waals surface area contributed by atoms with Gasteiger partial charge < -0.3 is 9.84 Å². The lowest BCUT2D eigenvalue weighted by molar-refractivity contribution is -0.142. The zero-order valence-electron chi connectivity index (χ0n) is 9.69. The number of carboxylic acid groups (broad SMARTS) is 1. The molecule has 0 spiro atoms. The largest absolute Gasteiger partial charge is 0.480 e. The van der Waals surface area contributed by atoms with Gasteiger partial charge in [0.2, 0.25) is 0 Å². The van der Waals surface area contributed by atoms with Crippen molar-refractivity contribution in [3.8, 4) is 0 Å². The Morgan fingerprint density at radius 2 is 2.07 bits per heavy atom. The second kappa shape index (κ2) is 5.47. The van der Waals surface area contributed by atoms with Crippen LogP contribution in [0.3, 0.4) is 0 Å². The average Bonchev–Trinajstić information content (AvgIpc) is 2.94. The highest BCUT2D eigenvalue weighted by molar-refractivity contribution is 5.73. The molecule has 4 heteroatoms. The van der Waals surface area contributed by atoms with Gasteiger partial charge in [0.05, 0.1) is 12.7 Å². The number of carboxylic acids is 1. The summed E-state index contributed by atoms with van der Waals surface area (Å²) in [5.74, 6) is -0.404. The van der Waals surface area contributed by atoms with Gasteiger partial charge in [0.1, 0.15) is 6.04 Å². The Balaban J connectivity index is 2.27. The number of hydrogen-bond donors (Lipinski definition) is 2. The number of hydrogen-bond acceptors (Lipinski definition) is 3. The molecule has 0 aliphatic heterocycles. The monoisotopic (exact) mass is 215 g/mol. The van der Waals surface area contributed by atoms with Gasteiger partial charge in [-0.25, -0.2) is 0 Å². The molecule has 1 saturated carbocycles. The molecule has 0 saturated heterocycles. The maximum absolute atomic E-state index is 10.9. The van der Waals surface area contributed by atoms with Crippen LogP contribution in [0.25, 0.3) is 0 Å². The molecule has 2 unspecified atom stereocenters. The van der Waals surface area contributed by atoms with Crippen LogP contribution in [0.1, 0.15) is 33.6 Å². The third-order valence-electron chi connectivity index (χ3n) is 2.78. The first-order valence-electron chi connectivity index (χ1n) is 5.61. The Morgan fingerprint density at radius 1 is 1.47 bits per heavy atom. The molecule has 1 aliphatic carbocycles. The van der Waals surface area contributed by atoms with Crippen LogP contribution < -0.4 is 5.32 Å². The van der Waals surface area contributed by atoms with E-state index in [1.807, 2.05) is 6.92 Å². The summed E-state index contributed by atoms with van der Waals surface area (Å²) in [5, 5.41) is 12.0. The molecule has 0 radical (unpaired) electrons. The highest BCUT2D eigenvalue weighted by Gasteiger charge is 2.28. The third kappa shape index (κ3) is 4.62. The lowest BCUT2D eigenvalue weighted by atomic mass is 10.1. The molecule has 88 valence electrons. The lowest BCUT2D eigenvalue weighted by Gasteiger charge is -2.20. The fraction of sp³-hybridized carbons (Fsp3) is 0.909. The molecule has 0 aromatic rings. The fourth-order valence-electron chi connectivity index (χ4n) is 1.17. The smallest absolute Gasteiger partial charge is 0.323 e. The van der Waals surface area contributed by atoms with Crippen LogP contribution in [0.15, 0.2) is 0 Å². The van der Waals surface area contributed by atoms with Gasteiger partial charge in [-0.3, -0.25) is 10.1 Å². The molecule has 0 amide bonds. The minimum absolute atomic E-state index is 0.104. The maximum Gasteiger partial charge on any atom is 0.323 e. The fourth-order valence-corrected chi connectivity index (χ4v) is 1.17. The minimum atomic E-state index is -0.821. The first kappa shape index (κ1) is 12.5. The lowest BCUT2D eigenvalue weighted by Crippen LogP contribution is -2.42. The van der Waals surface area contributed by atoms with Crippen LogP contribution >= 0.6 is 0 Å². The van der Waals surface area contributed by atoms with Gasteiger partial charge in [0.25, 0.3) is 0 Å². The quantitative estimate of drug-likeness (QED) is 0.671. The summed E-state index contributed by atoms with van der Waals surface area (Å²) in [5.41, 5.74) is 0. The Labute approximate surface area is 91.0 Å². The van der Waals surface area contributed by atoms with E-state index in [1.54, 1.807) is 0 Å². The van der Waals surface area contributed by atoms with Crippen molar-refractivity contribution in [2.45, 2.75) is 51.8 Å². The van der Waals surface area contributed by atoms with E-state index in [-0.39, 0.29) is 12.7 Å². The molecule has 1 rings (SSSR count). The molecule has 0 aromatic heterocycles. The van der Waals surface area contributed by atoms with Crippen LogP contribution in [-0.4, -0.2) is 35.9 Å². The molecular formula is C11H21NO3. The Bertz CT molecular complexity index is 214. The van der Waals surface area contributed by atoms with Crippen molar-refractivity contribution in [3.05, 3.63) is 0 Å². The molecule has 1 aliphatic rings. The SMILES string of the molecule is CC(C)C(C)OCC(NC1CC1)C(=O)O. The predicted octanol–water partition coefficient (Wildman–Crippen LogP) is 1.25. The third-order valence-corrected chi connectivity index (χ3v) is 2.78. The zero-order chi connectivity index (χ0) is 11.4. The first-order valence-corrected chi connectivity index (χ1v) is 5.61. The van der Waals surface area contributed by atoms with Gasteiger partial charge in [-0.1, -0.05) is 13.8 Å². The van der Waals surface area contributed by atoms with Crippen LogP contribution in [-0.2, 0) is 9.53 Å². The maximum atomic E-state index is 10.9. The highest BCUT2D eigenvalue weighted by Crippen LogP contribution is 2.19. The second-order valence-corrected chi connectivity index (χ2v) is 4.61. The van der Waals surface area contributed by atoms with Crippen molar-refractivity contribution in [1.29, 1.82) is 0 Å². The molecular weight excluding hydrogens is 194 g/mol. The summed E-state index contributed by atoms with van der Waals surface area (Å²) in [6.45, 7) is 6.36. The number of carbonyl (C=O) groups is 1. The summed E-state index contributed by atoms with van der Waals surface area (Å²) >= 11 is 0. The normalized spacial score (nSPS) is 20.3. The van der Waals surface area contributed by atoms with Gasteiger partial charge in [0, 0.05) is 6.04 Å². The average molecular weight is 215 g/mol. The van der Waals surface area contributed by atoms with Crippen molar-refractivity contribution >= 4 is 5.97 Å². The van der Waals surface area contributed by atoms with E-state index >= 15 is 0 Å². The Kier molecular flexibility index (Phi) is 4.54. The summed E-state index contributed by atoms with van der Waals surface area (Å²) in [4.78, 5) is 10.9. The molecule has 2 atom stereocenters. The Morgan fingerprint density at radius 3 is 2.47 bits per heavy atom. The van der Waals surface area contributed by atoms with E-state index in [9.17, 15) is 4.79 Å². The van der Waals surface area contributed by atoms with Gasteiger partial charge in [-0.15, -0.1) is 0 Å². The first-order chi connectivity index (χ1) is 7.00. The van der Waals surface area contributed by atoms with Gasteiger partial charge in [-0.2, -0.15) is 0 Å². The van der Waals surface area contributed by atoms with E-state index in [1.165, 1.54) is 0 Å². The topological polar surface area (TPSA) is 58.6 Å². The van der Waals surface area contributed by atoms with Crippen molar-refractivity contribution in [1.82, 2.24) is 5.32 Å². The van der Waals surface area contributed by atoms with Crippen molar-refractivity contribution in [2.24, 2.45) is 5.92 Å². The summed E-state index contributed by atoms with van der Waals surface area (Å²) in [6, 6.07) is -0.164. The van der Waals surface area contributed by atoms with E-state index in [0.29, 0.717) is 12.0 Å². The zero-order valence-corrected chi connectivity index (χ0v) is 9.69. The number of rotatable bonds is 7. The van der Waals surface area contributed by atoms with Crippen molar-refractivity contribution in [2.75, 3.05) is 6.61 Å². The molecule has 4 nitrogen and oxygen atoms in total. The van der Waals surface area contributed by atoms with Crippen LogP contribution in [0, 0.1) is 5.92 Å². The summed E-state index contributed by atoms with van der Waals surface area (Å²) in [6.07, 6.45) is 2.28. The molecule has 0 bridgehead atoms. The summed E-state index contributed by atoms with van der Waals surface area (Å²) < 4.78 is 5.51. The summed E-state index contributed by atoms with van der Waals surface area (Å²) in [7, 11) is 0. The second-order valence-electron chi connectivity index (χ2n) is 4.61. The Hall–Kier alpha value is -0.610. The highest BCUT2D eigenvalue weighted by atomic mass is 16.5. The number of nitrogens with one attached hydrogen (secondary N) is 1. The van der Waals surface area contributed by atoms with Crippen LogP contribution in [0.5, 0.6) is 0 Å². The van der Waals surface area contributed by atoms with Crippen LogP contribution in [0.2, 0.25) is 0 Å². The molecule has 15 heavy (non-hydrogen) atoms. The number of ether oxygens (including phenoxy) is 1. The van der Waals surface area contributed by atoms with E-state index in [2.05, 4.69) is 19.2 Å². The van der Waals surface area contributed by atoms with E-state index < -0.39 is 12.0 Å². The standard InChI is InChI=1S/C11H21NO3/c1-7(2)8(3)15-6-10(11(13)14)12-9-4-5-9/h7-10,12H,4-6H2,1-3H3,(H,13,14). The molecule has 1 fully saturated rings. The van der Waals surface area contributed by atoms with Crippen molar-refractivity contribution < 1.29 is 14.6 Å². The molecule has 0 heterocycles. The molecule has 2 N–H and O–H groups in total. The molecule has 0 aromatic carbocycles. The van der Waals surface area contributed by atoms with Crippen molar-refractivity contribution in [3.63, 3.8) is 0 Å². The van der Waals surface area contributed by atoms with Crippen LogP contribution in [0.4, 0.5) is 0 Å². The van der Waals surface area contributed by atoms with Gasteiger partial charge >= 0.3 is 5.97 Å². The van der Waals surface area contributed by atoms with Gasteiger partial charge in [-0.05, 0) is 25.7 Å². The minimum Gasteiger partial charge on any atom is -0.480 e. The predicted molar refractivity (Wildman–Crippen MR) is 57.8 cm³/mol.